The number of aromatic nitrogens is 1. The van der Waals surface area contributed by atoms with Gasteiger partial charge in [0.1, 0.15) is 12.4 Å². The van der Waals surface area contributed by atoms with Crippen LogP contribution in [0.25, 0.3) is 0 Å². The first-order valence-corrected chi connectivity index (χ1v) is 3.14. The van der Waals surface area contributed by atoms with E-state index in [-0.39, 0.29) is 5.56 Å². The standard InChI is InChI=1S/C7H5F4N/c8-3-4-1-2-5(6(9)10)12-7(4)11/h1-2,6H,3H2. The van der Waals surface area contributed by atoms with Crippen molar-refractivity contribution in [2.75, 3.05) is 0 Å². The summed E-state index contributed by atoms with van der Waals surface area (Å²) in [6.45, 7) is -1.04. The number of hydrogen-bond acceptors (Lipinski definition) is 1. The molecule has 12 heavy (non-hydrogen) atoms. The minimum atomic E-state index is -2.83. The Morgan fingerprint density at radius 1 is 1.33 bits per heavy atom. The Bertz CT molecular complexity index is 274. The zero-order valence-corrected chi connectivity index (χ0v) is 5.90. The maximum absolute atomic E-state index is 12.5. The molecule has 0 aliphatic rings. The first-order valence-electron chi connectivity index (χ1n) is 3.14. The van der Waals surface area contributed by atoms with E-state index >= 15 is 0 Å². The molecule has 1 aromatic rings. The Hall–Kier alpha value is -1.13. The van der Waals surface area contributed by atoms with E-state index in [0.717, 1.165) is 12.1 Å². The van der Waals surface area contributed by atoms with Crippen LogP contribution in [-0.2, 0) is 6.67 Å². The van der Waals surface area contributed by atoms with Crippen molar-refractivity contribution in [2.45, 2.75) is 13.1 Å². The zero-order chi connectivity index (χ0) is 9.14. The summed E-state index contributed by atoms with van der Waals surface area (Å²) in [6.07, 6.45) is -2.83. The van der Waals surface area contributed by atoms with Crippen molar-refractivity contribution in [3.8, 4) is 0 Å². The summed E-state index contributed by atoms with van der Waals surface area (Å²) >= 11 is 0. The van der Waals surface area contributed by atoms with Gasteiger partial charge in [-0.3, -0.25) is 0 Å². The molecule has 0 bridgehead atoms. The van der Waals surface area contributed by atoms with E-state index in [1.807, 2.05) is 0 Å². The molecule has 66 valence electrons. The molecule has 0 saturated carbocycles. The fraction of sp³-hybridized carbons (Fsp3) is 0.286. The third kappa shape index (κ3) is 1.72. The molecular formula is C7H5F4N. The normalized spacial score (nSPS) is 10.8. The van der Waals surface area contributed by atoms with Gasteiger partial charge in [0, 0.05) is 5.56 Å². The largest absolute Gasteiger partial charge is 0.280 e. The van der Waals surface area contributed by atoms with Crippen LogP contribution in [0, 0.1) is 5.95 Å². The van der Waals surface area contributed by atoms with E-state index in [2.05, 4.69) is 4.98 Å². The molecule has 1 aromatic heterocycles. The van der Waals surface area contributed by atoms with Gasteiger partial charge in [0.05, 0.1) is 0 Å². The van der Waals surface area contributed by atoms with Gasteiger partial charge in [-0.1, -0.05) is 0 Å². The third-order valence-electron chi connectivity index (χ3n) is 1.32. The van der Waals surface area contributed by atoms with E-state index in [1.54, 1.807) is 0 Å². The molecule has 0 spiro atoms. The highest BCUT2D eigenvalue weighted by molar-refractivity contribution is 5.15. The van der Waals surface area contributed by atoms with Gasteiger partial charge in [-0.25, -0.2) is 18.2 Å². The van der Waals surface area contributed by atoms with Gasteiger partial charge in [-0.05, 0) is 12.1 Å². The lowest BCUT2D eigenvalue weighted by atomic mass is 10.2. The molecule has 0 aliphatic carbocycles. The van der Waals surface area contributed by atoms with Gasteiger partial charge in [0.2, 0.25) is 5.95 Å². The summed E-state index contributed by atoms with van der Waals surface area (Å²) in [5.41, 5.74) is -0.982. The average molecular weight is 179 g/mol. The van der Waals surface area contributed by atoms with Crippen molar-refractivity contribution >= 4 is 0 Å². The predicted octanol–water partition coefficient (Wildman–Crippen LogP) is 2.63. The van der Waals surface area contributed by atoms with Crippen molar-refractivity contribution in [2.24, 2.45) is 0 Å². The molecule has 5 heteroatoms. The van der Waals surface area contributed by atoms with Crippen molar-refractivity contribution in [3.05, 3.63) is 29.3 Å². The Labute approximate surface area is 66.0 Å². The number of halogens is 4. The molecule has 0 amide bonds. The van der Waals surface area contributed by atoms with Crippen LogP contribution in [0.5, 0.6) is 0 Å². The van der Waals surface area contributed by atoms with Gasteiger partial charge < -0.3 is 0 Å². The van der Waals surface area contributed by atoms with Crippen LogP contribution in [-0.4, -0.2) is 4.98 Å². The maximum atomic E-state index is 12.5. The molecule has 0 atom stereocenters. The van der Waals surface area contributed by atoms with Crippen LogP contribution in [0.2, 0.25) is 0 Å². The first-order chi connectivity index (χ1) is 5.65. The number of hydrogen-bond donors (Lipinski definition) is 0. The average Bonchev–Trinajstić information content (AvgIpc) is 2.04. The van der Waals surface area contributed by atoms with Crippen LogP contribution in [0.15, 0.2) is 12.1 Å². The Balaban J connectivity index is 3.02. The zero-order valence-electron chi connectivity index (χ0n) is 5.90. The topological polar surface area (TPSA) is 12.9 Å². The van der Waals surface area contributed by atoms with Gasteiger partial charge >= 0.3 is 0 Å². The highest BCUT2D eigenvalue weighted by Gasteiger charge is 2.11. The maximum Gasteiger partial charge on any atom is 0.280 e. The van der Waals surface area contributed by atoms with Crippen LogP contribution >= 0.6 is 0 Å². The highest BCUT2D eigenvalue weighted by Crippen LogP contribution is 2.17. The molecule has 0 aromatic carbocycles. The van der Waals surface area contributed by atoms with Crippen LogP contribution in [0.4, 0.5) is 17.6 Å². The van der Waals surface area contributed by atoms with E-state index in [1.165, 1.54) is 0 Å². The van der Waals surface area contributed by atoms with Gasteiger partial charge in [0.25, 0.3) is 6.43 Å². The highest BCUT2D eigenvalue weighted by atomic mass is 19.3. The molecule has 1 rings (SSSR count). The Morgan fingerprint density at radius 2 is 2.00 bits per heavy atom. The summed E-state index contributed by atoms with van der Waals surface area (Å²) in [7, 11) is 0. The Kier molecular flexibility index (Phi) is 2.62. The van der Waals surface area contributed by atoms with Gasteiger partial charge in [0.15, 0.2) is 0 Å². The Morgan fingerprint density at radius 3 is 2.42 bits per heavy atom. The minimum absolute atomic E-state index is 0.306. The fourth-order valence-electron chi connectivity index (χ4n) is 0.698. The van der Waals surface area contributed by atoms with Crippen molar-refractivity contribution in [1.82, 2.24) is 4.98 Å². The molecule has 0 N–H and O–H groups in total. The monoisotopic (exact) mass is 179 g/mol. The second kappa shape index (κ2) is 3.51. The smallest absolute Gasteiger partial charge is 0.246 e. The van der Waals surface area contributed by atoms with Crippen LogP contribution in [0.3, 0.4) is 0 Å². The quantitative estimate of drug-likeness (QED) is 0.502. The van der Waals surface area contributed by atoms with Crippen molar-refractivity contribution in [1.29, 1.82) is 0 Å². The molecule has 0 fully saturated rings. The second-order valence-electron chi connectivity index (χ2n) is 2.12. The SMILES string of the molecule is FCc1ccc(C(F)F)nc1F. The van der Waals surface area contributed by atoms with Gasteiger partial charge in [-0.15, -0.1) is 0 Å². The van der Waals surface area contributed by atoms with Crippen molar-refractivity contribution < 1.29 is 17.6 Å². The molecule has 1 nitrogen and oxygen atoms in total. The summed E-state index contributed by atoms with van der Waals surface area (Å²) in [6, 6.07) is 1.87. The summed E-state index contributed by atoms with van der Waals surface area (Å²) in [5, 5.41) is 0. The van der Waals surface area contributed by atoms with E-state index in [4.69, 9.17) is 0 Å². The van der Waals surface area contributed by atoms with Crippen molar-refractivity contribution in [3.63, 3.8) is 0 Å². The van der Waals surface area contributed by atoms with E-state index < -0.39 is 24.7 Å². The lowest BCUT2D eigenvalue weighted by molar-refractivity contribution is 0.144. The molecule has 0 radical (unpaired) electrons. The summed E-state index contributed by atoms with van der Waals surface area (Å²) in [4.78, 5) is 2.89. The lowest BCUT2D eigenvalue weighted by Crippen LogP contribution is -1.97. The lowest BCUT2D eigenvalue weighted by Gasteiger charge is -2.00. The van der Waals surface area contributed by atoms with Crippen LogP contribution < -0.4 is 0 Å². The number of alkyl halides is 3. The second-order valence-corrected chi connectivity index (χ2v) is 2.12. The van der Waals surface area contributed by atoms with E-state index in [0.29, 0.717) is 0 Å². The van der Waals surface area contributed by atoms with Crippen LogP contribution in [0.1, 0.15) is 17.7 Å². The summed E-state index contributed by atoms with van der Waals surface area (Å²) in [5.74, 6) is -1.17. The van der Waals surface area contributed by atoms with E-state index in [9.17, 15) is 17.6 Å². The fourth-order valence-corrected chi connectivity index (χ4v) is 0.698. The predicted molar refractivity (Wildman–Crippen MR) is 34.0 cm³/mol. The van der Waals surface area contributed by atoms with Gasteiger partial charge in [-0.2, -0.15) is 4.39 Å². The number of rotatable bonds is 2. The molecular weight excluding hydrogens is 174 g/mol. The molecule has 0 unspecified atom stereocenters. The minimum Gasteiger partial charge on any atom is -0.246 e. The molecule has 1 heterocycles. The third-order valence-corrected chi connectivity index (χ3v) is 1.32. The molecule has 0 saturated heterocycles. The number of pyridine rings is 1. The first kappa shape index (κ1) is 8.96. The molecule has 0 aliphatic heterocycles. The summed E-state index contributed by atoms with van der Waals surface area (Å²) < 4.78 is 48.1. The number of nitrogens with zero attached hydrogens (tertiary/aromatic N) is 1.